The third kappa shape index (κ3) is 5.93. The van der Waals surface area contributed by atoms with Crippen molar-refractivity contribution in [3.8, 4) is 27.3 Å². The number of ether oxygens (including phenoxy) is 2. The van der Waals surface area contributed by atoms with Crippen molar-refractivity contribution in [3.05, 3.63) is 76.7 Å². The summed E-state index contributed by atoms with van der Waals surface area (Å²) in [6.07, 6.45) is 2.86. The number of hydrogen-bond acceptors (Lipinski definition) is 7. The summed E-state index contributed by atoms with van der Waals surface area (Å²) < 4.78 is 11.5. The van der Waals surface area contributed by atoms with Crippen LogP contribution in [0.1, 0.15) is 24.6 Å². The Balaban J connectivity index is 1.33. The third-order valence-corrected chi connectivity index (χ3v) is 6.39. The predicted octanol–water partition coefficient (Wildman–Crippen LogP) is 5.71. The Hall–Kier alpha value is -3.23. The Bertz CT molecular complexity index is 1140. The number of aromatic nitrogens is 2. The van der Waals surface area contributed by atoms with Crippen LogP contribution < -0.4 is 14.8 Å². The fourth-order valence-corrected chi connectivity index (χ4v) is 4.54. The molecule has 0 aliphatic rings. The van der Waals surface area contributed by atoms with Crippen molar-refractivity contribution in [2.45, 2.75) is 26.3 Å². The predicted molar refractivity (Wildman–Crippen MR) is 128 cm³/mol. The molecule has 32 heavy (non-hydrogen) atoms. The van der Waals surface area contributed by atoms with Crippen molar-refractivity contribution in [1.29, 1.82) is 0 Å². The molecule has 1 aromatic carbocycles. The Kier molecular flexibility index (Phi) is 7.47. The standard InChI is InChI=1S/C24H23N3O3S2/c1-2-12-29-19-7-9-20(10-8-19)30-23-17(5-3-11-25-23)15-26-22(28)14-18-16-32-24(27-18)21-6-4-13-31-21/h3-11,13,16H,2,12,14-15H2,1H3,(H,26,28). The molecule has 164 valence electrons. The van der Waals surface area contributed by atoms with E-state index >= 15 is 0 Å². The maximum atomic E-state index is 12.5. The number of thiazole rings is 1. The molecule has 0 saturated heterocycles. The molecule has 1 amide bonds. The van der Waals surface area contributed by atoms with Gasteiger partial charge in [-0.2, -0.15) is 0 Å². The van der Waals surface area contributed by atoms with E-state index in [1.54, 1.807) is 28.9 Å². The second-order valence-electron chi connectivity index (χ2n) is 6.96. The number of nitrogens with zero attached hydrogens (tertiary/aromatic N) is 2. The van der Waals surface area contributed by atoms with Gasteiger partial charge in [0, 0.05) is 23.7 Å². The molecule has 3 heterocycles. The molecule has 0 fully saturated rings. The minimum absolute atomic E-state index is 0.0970. The van der Waals surface area contributed by atoms with Gasteiger partial charge >= 0.3 is 0 Å². The van der Waals surface area contributed by atoms with E-state index in [0.717, 1.165) is 33.3 Å². The Morgan fingerprint density at radius 1 is 1.06 bits per heavy atom. The summed E-state index contributed by atoms with van der Waals surface area (Å²) in [5, 5.41) is 7.83. The topological polar surface area (TPSA) is 73.3 Å². The molecule has 0 aliphatic carbocycles. The van der Waals surface area contributed by atoms with Crippen LogP contribution in [0.4, 0.5) is 0 Å². The number of nitrogens with one attached hydrogen (secondary N) is 1. The second kappa shape index (κ2) is 10.9. The SMILES string of the molecule is CCCOc1ccc(Oc2ncccc2CNC(=O)Cc2csc(-c3cccs3)n2)cc1. The van der Waals surface area contributed by atoms with Gasteiger partial charge in [-0.1, -0.05) is 19.1 Å². The van der Waals surface area contributed by atoms with Gasteiger partial charge in [0.2, 0.25) is 11.8 Å². The maximum Gasteiger partial charge on any atom is 0.226 e. The number of hydrogen-bond donors (Lipinski definition) is 1. The largest absolute Gasteiger partial charge is 0.494 e. The van der Waals surface area contributed by atoms with Gasteiger partial charge in [0.25, 0.3) is 0 Å². The fraction of sp³-hybridized carbons (Fsp3) is 0.208. The monoisotopic (exact) mass is 465 g/mol. The van der Waals surface area contributed by atoms with E-state index in [-0.39, 0.29) is 12.3 Å². The first-order chi connectivity index (χ1) is 15.7. The first kappa shape index (κ1) is 22.0. The van der Waals surface area contributed by atoms with Crippen LogP contribution in [0, 0.1) is 0 Å². The van der Waals surface area contributed by atoms with E-state index in [4.69, 9.17) is 9.47 Å². The van der Waals surface area contributed by atoms with Crippen LogP contribution in [-0.4, -0.2) is 22.5 Å². The minimum atomic E-state index is -0.0970. The highest BCUT2D eigenvalue weighted by Crippen LogP contribution is 2.28. The first-order valence-corrected chi connectivity index (χ1v) is 12.1. The van der Waals surface area contributed by atoms with Crippen molar-refractivity contribution in [3.63, 3.8) is 0 Å². The molecule has 1 N–H and O–H groups in total. The van der Waals surface area contributed by atoms with Gasteiger partial charge in [0.1, 0.15) is 16.5 Å². The number of carbonyl (C=O) groups is 1. The molecular formula is C24H23N3O3S2. The molecule has 0 aliphatic heterocycles. The van der Waals surface area contributed by atoms with Crippen molar-refractivity contribution in [2.24, 2.45) is 0 Å². The minimum Gasteiger partial charge on any atom is -0.494 e. The highest BCUT2D eigenvalue weighted by atomic mass is 32.1. The average Bonchev–Trinajstić information content (AvgIpc) is 3.50. The highest BCUT2D eigenvalue weighted by Gasteiger charge is 2.12. The van der Waals surface area contributed by atoms with Gasteiger partial charge in [-0.15, -0.1) is 22.7 Å². The van der Waals surface area contributed by atoms with Crippen molar-refractivity contribution < 1.29 is 14.3 Å². The van der Waals surface area contributed by atoms with E-state index < -0.39 is 0 Å². The number of carbonyl (C=O) groups excluding carboxylic acids is 1. The summed E-state index contributed by atoms with van der Waals surface area (Å²) in [6, 6.07) is 15.2. The normalized spacial score (nSPS) is 10.7. The summed E-state index contributed by atoms with van der Waals surface area (Å²) in [5.41, 5.74) is 1.56. The molecule has 0 bridgehead atoms. The first-order valence-electron chi connectivity index (χ1n) is 10.3. The Morgan fingerprint density at radius 2 is 1.91 bits per heavy atom. The molecule has 8 heteroatoms. The van der Waals surface area contributed by atoms with E-state index in [2.05, 4.69) is 22.2 Å². The summed E-state index contributed by atoms with van der Waals surface area (Å²) >= 11 is 3.19. The van der Waals surface area contributed by atoms with E-state index in [9.17, 15) is 4.79 Å². The summed E-state index contributed by atoms with van der Waals surface area (Å²) in [6.45, 7) is 3.07. The third-order valence-electron chi connectivity index (χ3n) is 4.46. The average molecular weight is 466 g/mol. The molecule has 6 nitrogen and oxygen atoms in total. The lowest BCUT2D eigenvalue weighted by Crippen LogP contribution is -2.25. The van der Waals surface area contributed by atoms with Gasteiger partial charge < -0.3 is 14.8 Å². The molecule has 0 spiro atoms. The molecule has 4 aromatic rings. The molecule has 0 atom stereocenters. The van der Waals surface area contributed by atoms with Crippen LogP contribution in [0.3, 0.4) is 0 Å². The number of thiophene rings is 1. The lowest BCUT2D eigenvalue weighted by molar-refractivity contribution is -0.120. The Labute approximate surface area is 194 Å². The molecule has 4 rings (SSSR count). The van der Waals surface area contributed by atoms with Crippen LogP contribution >= 0.6 is 22.7 Å². The molecule has 0 saturated carbocycles. The molecular weight excluding hydrogens is 442 g/mol. The summed E-state index contributed by atoms with van der Waals surface area (Å²) in [5.74, 6) is 1.82. The molecule has 3 aromatic heterocycles. The number of pyridine rings is 1. The van der Waals surface area contributed by atoms with Crippen LogP contribution in [0.25, 0.3) is 9.88 Å². The highest BCUT2D eigenvalue weighted by molar-refractivity contribution is 7.20. The molecule has 0 radical (unpaired) electrons. The van der Waals surface area contributed by atoms with Gasteiger partial charge in [0.15, 0.2) is 0 Å². The van der Waals surface area contributed by atoms with Gasteiger partial charge in [-0.3, -0.25) is 4.79 Å². The zero-order valence-electron chi connectivity index (χ0n) is 17.6. The lowest BCUT2D eigenvalue weighted by atomic mass is 10.2. The van der Waals surface area contributed by atoms with E-state index in [1.165, 1.54) is 0 Å². The van der Waals surface area contributed by atoms with Gasteiger partial charge in [-0.05, 0) is 48.2 Å². The van der Waals surface area contributed by atoms with Crippen molar-refractivity contribution in [1.82, 2.24) is 15.3 Å². The second-order valence-corrected chi connectivity index (χ2v) is 8.77. The van der Waals surface area contributed by atoms with Crippen molar-refractivity contribution >= 4 is 28.6 Å². The van der Waals surface area contributed by atoms with Crippen LogP contribution in [-0.2, 0) is 17.8 Å². The lowest BCUT2D eigenvalue weighted by Gasteiger charge is -2.11. The zero-order chi connectivity index (χ0) is 22.2. The van der Waals surface area contributed by atoms with Crippen LogP contribution in [0.15, 0.2) is 65.5 Å². The van der Waals surface area contributed by atoms with Gasteiger partial charge in [0.05, 0.1) is 23.6 Å². The van der Waals surface area contributed by atoms with Crippen LogP contribution in [0.2, 0.25) is 0 Å². The van der Waals surface area contributed by atoms with E-state index in [0.29, 0.717) is 24.8 Å². The van der Waals surface area contributed by atoms with Crippen molar-refractivity contribution in [2.75, 3.05) is 6.61 Å². The fourth-order valence-electron chi connectivity index (χ4n) is 2.91. The number of amides is 1. The number of benzene rings is 1. The summed E-state index contributed by atoms with van der Waals surface area (Å²) in [7, 11) is 0. The number of rotatable bonds is 10. The quantitative estimate of drug-likeness (QED) is 0.325. The van der Waals surface area contributed by atoms with E-state index in [1.807, 2.05) is 59.3 Å². The maximum absolute atomic E-state index is 12.5. The Morgan fingerprint density at radius 3 is 2.69 bits per heavy atom. The summed E-state index contributed by atoms with van der Waals surface area (Å²) in [4.78, 5) is 22.5. The van der Waals surface area contributed by atoms with Crippen LogP contribution in [0.5, 0.6) is 17.4 Å². The van der Waals surface area contributed by atoms with Gasteiger partial charge in [-0.25, -0.2) is 9.97 Å². The smallest absolute Gasteiger partial charge is 0.226 e. The molecule has 0 unspecified atom stereocenters. The zero-order valence-corrected chi connectivity index (χ0v) is 19.2.